The molecule has 0 aliphatic heterocycles. The van der Waals surface area contributed by atoms with Crippen LogP contribution in [-0.4, -0.2) is 32.9 Å². The van der Waals surface area contributed by atoms with Crippen LogP contribution >= 0.6 is 11.6 Å². The van der Waals surface area contributed by atoms with E-state index in [4.69, 9.17) is 16.3 Å². The Morgan fingerprint density at radius 1 is 1.53 bits per heavy atom. The van der Waals surface area contributed by atoms with Gasteiger partial charge < -0.3 is 9.30 Å². The molecule has 104 valence electrons. The largest absolute Gasteiger partial charge is 0.494 e. The molecule has 2 unspecified atom stereocenters. The fourth-order valence-corrected chi connectivity index (χ4v) is 3.32. The lowest BCUT2D eigenvalue weighted by Crippen LogP contribution is -2.15. The van der Waals surface area contributed by atoms with E-state index in [1.165, 1.54) is 0 Å². The number of hydrogen-bond donors (Lipinski definition) is 0. The van der Waals surface area contributed by atoms with Crippen molar-refractivity contribution >= 4 is 33.4 Å². The molecule has 0 N–H and O–H groups in total. The Kier molecular flexibility index (Phi) is 4.47. The first kappa shape index (κ1) is 14.3. The third-order valence-corrected chi connectivity index (χ3v) is 4.20. The highest BCUT2D eigenvalue weighted by molar-refractivity contribution is 7.84. The summed E-state index contributed by atoms with van der Waals surface area (Å²) in [6, 6.07) is 5.86. The van der Waals surface area contributed by atoms with E-state index in [1.807, 2.05) is 29.7 Å². The van der Waals surface area contributed by atoms with Crippen molar-refractivity contribution in [1.29, 1.82) is 0 Å². The van der Waals surface area contributed by atoms with Gasteiger partial charge in [-0.2, -0.15) is 0 Å². The smallest absolute Gasteiger partial charge is 0.146 e. The first-order chi connectivity index (χ1) is 9.08. The van der Waals surface area contributed by atoms with Crippen molar-refractivity contribution in [3.05, 3.63) is 24.0 Å². The van der Waals surface area contributed by atoms with Crippen LogP contribution in [0.2, 0.25) is 0 Å². The second-order valence-corrected chi connectivity index (χ2v) is 6.20. The molecule has 1 aromatic heterocycles. The van der Waals surface area contributed by atoms with E-state index in [9.17, 15) is 4.21 Å². The first-order valence-electron chi connectivity index (χ1n) is 5.98. The first-order valence-corrected chi connectivity index (χ1v) is 8.24. The summed E-state index contributed by atoms with van der Waals surface area (Å²) in [7, 11) is 0.760. The summed E-state index contributed by atoms with van der Waals surface area (Å²) in [6.45, 7) is 2.03. The van der Waals surface area contributed by atoms with Gasteiger partial charge in [0.25, 0.3) is 0 Å². The SMILES string of the molecule is COc1cccc2c1nc(CCl)n2C(C)CS(C)=O. The van der Waals surface area contributed by atoms with Crippen molar-refractivity contribution in [1.82, 2.24) is 9.55 Å². The maximum atomic E-state index is 11.4. The van der Waals surface area contributed by atoms with E-state index in [-0.39, 0.29) is 6.04 Å². The maximum Gasteiger partial charge on any atom is 0.146 e. The van der Waals surface area contributed by atoms with Crippen LogP contribution < -0.4 is 4.74 Å². The number of halogens is 1. The molecule has 0 fully saturated rings. The van der Waals surface area contributed by atoms with Gasteiger partial charge in [-0.15, -0.1) is 11.6 Å². The van der Waals surface area contributed by atoms with Crippen molar-refractivity contribution < 1.29 is 8.95 Å². The van der Waals surface area contributed by atoms with Crippen LogP contribution in [0.1, 0.15) is 18.8 Å². The summed E-state index contributed by atoms with van der Waals surface area (Å²) in [5.74, 6) is 2.40. The van der Waals surface area contributed by atoms with Crippen LogP contribution in [0.4, 0.5) is 0 Å². The zero-order chi connectivity index (χ0) is 14.0. The van der Waals surface area contributed by atoms with Crippen LogP contribution in [0.15, 0.2) is 18.2 Å². The van der Waals surface area contributed by atoms with E-state index in [1.54, 1.807) is 13.4 Å². The summed E-state index contributed by atoms with van der Waals surface area (Å²) < 4.78 is 18.8. The van der Waals surface area contributed by atoms with Crippen LogP contribution in [0.5, 0.6) is 5.75 Å². The average Bonchev–Trinajstić information content (AvgIpc) is 2.75. The maximum absolute atomic E-state index is 11.4. The number of alkyl halides is 1. The number of rotatable bonds is 5. The molecular formula is C13H17ClN2O2S. The van der Waals surface area contributed by atoms with Crippen molar-refractivity contribution in [2.75, 3.05) is 19.1 Å². The van der Waals surface area contributed by atoms with E-state index < -0.39 is 10.8 Å². The molecule has 0 bridgehead atoms. The molecule has 0 spiro atoms. The number of imidazole rings is 1. The van der Waals surface area contributed by atoms with Gasteiger partial charge in [-0.1, -0.05) is 6.07 Å². The predicted octanol–water partition coefficient (Wildman–Crippen LogP) is 2.72. The normalized spacial score (nSPS) is 14.5. The number of para-hydroxylation sites is 1. The Morgan fingerprint density at radius 3 is 2.84 bits per heavy atom. The zero-order valence-electron chi connectivity index (χ0n) is 11.2. The van der Waals surface area contributed by atoms with Crippen LogP contribution in [-0.2, 0) is 16.7 Å². The number of fused-ring (bicyclic) bond motifs is 1. The molecule has 19 heavy (non-hydrogen) atoms. The third-order valence-electron chi connectivity index (χ3n) is 3.01. The lowest BCUT2D eigenvalue weighted by atomic mass is 10.2. The van der Waals surface area contributed by atoms with Gasteiger partial charge in [-0.05, 0) is 19.1 Å². The van der Waals surface area contributed by atoms with Gasteiger partial charge >= 0.3 is 0 Å². The van der Waals surface area contributed by atoms with E-state index in [2.05, 4.69) is 4.98 Å². The Balaban J connectivity index is 2.61. The second-order valence-electron chi connectivity index (χ2n) is 4.45. The molecule has 1 aromatic carbocycles. The Morgan fingerprint density at radius 2 is 2.26 bits per heavy atom. The van der Waals surface area contributed by atoms with E-state index >= 15 is 0 Å². The van der Waals surface area contributed by atoms with Gasteiger partial charge in [0, 0.05) is 28.9 Å². The highest BCUT2D eigenvalue weighted by Crippen LogP contribution is 2.29. The second kappa shape index (κ2) is 5.92. The molecule has 0 saturated heterocycles. The van der Waals surface area contributed by atoms with Gasteiger partial charge in [0.1, 0.15) is 17.1 Å². The summed E-state index contributed by atoms with van der Waals surface area (Å²) in [4.78, 5) is 4.54. The summed E-state index contributed by atoms with van der Waals surface area (Å²) in [5, 5.41) is 0. The zero-order valence-corrected chi connectivity index (χ0v) is 12.8. The monoisotopic (exact) mass is 300 g/mol. The Labute approximate surface area is 120 Å². The van der Waals surface area contributed by atoms with Gasteiger partial charge in [0.05, 0.1) is 18.5 Å². The van der Waals surface area contributed by atoms with Crippen molar-refractivity contribution in [3.63, 3.8) is 0 Å². The van der Waals surface area contributed by atoms with Crippen molar-refractivity contribution in [2.24, 2.45) is 0 Å². The quantitative estimate of drug-likeness (QED) is 0.798. The lowest BCUT2D eigenvalue weighted by Gasteiger charge is -2.15. The lowest BCUT2D eigenvalue weighted by molar-refractivity contribution is 0.419. The topological polar surface area (TPSA) is 44.1 Å². The summed E-state index contributed by atoms with van der Waals surface area (Å²) in [5.41, 5.74) is 1.77. The summed E-state index contributed by atoms with van der Waals surface area (Å²) >= 11 is 5.98. The molecule has 2 rings (SSSR count). The predicted molar refractivity (Wildman–Crippen MR) is 79.5 cm³/mol. The minimum absolute atomic E-state index is 0.0803. The molecule has 0 radical (unpaired) electrons. The number of ether oxygens (including phenoxy) is 1. The van der Waals surface area contributed by atoms with Gasteiger partial charge in [-0.25, -0.2) is 4.98 Å². The Hall–Kier alpha value is -1.07. The Bertz CT molecular complexity index is 612. The number of aromatic nitrogens is 2. The van der Waals surface area contributed by atoms with Gasteiger partial charge in [0.15, 0.2) is 0 Å². The minimum atomic E-state index is -0.864. The highest BCUT2D eigenvalue weighted by atomic mass is 35.5. The molecule has 4 nitrogen and oxygen atoms in total. The average molecular weight is 301 g/mol. The van der Waals surface area contributed by atoms with Crippen molar-refractivity contribution in [2.45, 2.75) is 18.8 Å². The third kappa shape index (κ3) is 2.77. The van der Waals surface area contributed by atoms with E-state index in [0.717, 1.165) is 22.6 Å². The van der Waals surface area contributed by atoms with Crippen LogP contribution in [0.25, 0.3) is 11.0 Å². The number of methoxy groups -OCH3 is 1. The highest BCUT2D eigenvalue weighted by Gasteiger charge is 2.18. The van der Waals surface area contributed by atoms with Gasteiger partial charge in [-0.3, -0.25) is 4.21 Å². The molecule has 0 aliphatic carbocycles. The molecule has 0 amide bonds. The molecule has 0 aliphatic rings. The fourth-order valence-electron chi connectivity index (χ4n) is 2.30. The molecule has 0 saturated carbocycles. The number of nitrogens with zero attached hydrogens (tertiary/aromatic N) is 2. The molecule has 6 heteroatoms. The number of hydrogen-bond acceptors (Lipinski definition) is 3. The van der Waals surface area contributed by atoms with Crippen LogP contribution in [0.3, 0.4) is 0 Å². The van der Waals surface area contributed by atoms with Crippen LogP contribution in [0, 0.1) is 0 Å². The van der Waals surface area contributed by atoms with Crippen molar-refractivity contribution in [3.8, 4) is 5.75 Å². The standard InChI is InChI=1S/C13H17ClN2O2S/c1-9(8-19(3)17)16-10-5-4-6-11(18-2)13(10)15-12(16)7-14/h4-6,9H,7-8H2,1-3H3. The number of benzene rings is 1. The van der Waals surface area contributed by atoms with Gasteiger partial charge in [0.2, 0.25) is 0 Å². The summed E-state index contributed by atoms with van der Waals surface area (Å²) in [6.07, 6.45) is 1.70. The fraction of sp³-hybridized carbons (Fsp3) is 0.462. The molecule has 2 aromatic rings. The molecule has 1 heterocycles. The van der Waals surface area contributed by atoms with E-state index in [0.29, 0.717) is 11.6 Å². The molecular weight excluding hydrogens is 284 g/mol. The minimum Gasteiger partial charge on any atom is -0.494 e. The molecule has 2 atom stereocenters.